The number of para-hydroxylation sites is 1. The van der Waals surface area contributed by atoms with Crippen molar-refractivity contribution in [2.45, 2.75) is 6.92 Å². The third kappa shape index (κ3) is 3.73. The number of anilines is 1. The molecule has 2 atom stereocenters. The minimum absolute atomic E-state index is 0.297. The zero-order chi connectivity index (χ0) is 17.8. The van der Waals surface area contributed by atoms with Crippen molar-refractivity contribution in [3.05, 3.63) is 43.1 Å². The number of likely N-dealkylation sites (tertiary alicyclic amines) is 1. The van der Waals surface area contributed by atoms with Crippen LogP contribution in [0.15, 0.2) is 53.1 Å². The van der Waals surface area contributed by atoms with Crippen molar-refractivity contribution in [2.24, 2.45) is 21.8 Å². The summed E-state index contributed by atoms with van der Waals surface area (Å²) in [6.45, 7) is 9.14. The Bertz CT molecular complexity index is 685. The Kier molecular flexibility index (Phi) is 5.16. The number of guanidine groups is 1. The van der Waals surface area contributed by atoms with Gasteiger partial charge in [0.05, 0.1) is 7.11 Å². The second-order valence-electron chi connectivity index (χ2n) is 6.47. The van der Waals surface area contributed by atoms with E-state index in [9.17, 15) is 4.79 Å². The number of carbonyl (C=O) groups is 1. The molecule has 2 heterocycles. The molecule has 0 radical (unpaired) electrons. The molecule has 3 rings (SSSR count). The molecule has 2 aliphatic heterocycles. The molecule has 2 saturated heterocycles. The molecule has 0 aromatic heterocycles. The van der Waals surface area contributed by atoms with Gasteiger partial charge in [-0.3, -0.25) is 0 Å². The summed E-state index contributed by atoms with van der Waals surface area (Å²) < 4.78 is 4.72. The van der Waals surface area contributed by atoms with E-state index < -0.39 is 5.97 Å². The van der Waals surface area contributed by atoms with Crippen LogP contribution < -0.4 is 4.90 Å². The Hall–Kier alpha value is -2.63. The second-order valence-corrected chi connectivity index (χ2v) is 6.47. The molecule has 0 amide bonds. The van der Waals surface area contributed by atoms with Gasteiger partial charge in [0.2, 0.25) is 5.96 Å². The molecule has 6 heteroatoms. The first-order valence-electron chi connectivity index (χ1n) is 8.49. The quantitative estimate of drug-likeness (QED) is 0.481. The highest BCUT2D eigenvalue weighted by Crippen LogP contribution is 2.34. The van der Waals surface area contributed by atoms with Crippen LogP contribution in [-0.4, -0.2) is 55.8 Å². The Morgan fingerprint density at radius 2 is 1.84 bits per heavy atom. The maximum Gasteiger partial charge on any atom is 0.352 e. The number of benzene rings is 1. The van der Waals surface area contributed by atoms with Crippen LogP contribution in [0.1, 0.15) is 6.92 Å². The van der Waals surface area contributed by atoms with E-state index in [0.29, 0.717) is 23.5 Å². The van der Waals surface area contributed by atoms with Gasteiger partial charge in [-0.05, 0) is 19.1 Å². The molecule has 1 aromatic carbocycles. The van der Waals surface area contributed by atoms with Crippen molar-refractivity contribution in [2.75, 3.05) is 38.2 Å². The standard InChI is InChI=1S/C19H24N4O2/c1-4-20-19(21-14(2)18(24)25-3)23-12-15-10-22(11-16(15)13-23)17-8-6-5-7-9-17/h4-9,15-16H,1,10-13H2,2-3H3/b20-19+,21-14+. The van der Waals surface area contributed by atoms with E-state index in [1.54, 1.807) is 6.92 Å². The summed E-state index contributed by atoms with van der Waals surface area (Å²) in [4.78, 5) is 24.8. The number of methoxy groups -OCH3 is 1. The first-order valence-corrected chi connectivity index (χ1v) is 8.49. The van der Waals surface area contributed by atoms with Crippen molar-refractivity contribution in [3.8, 4) is 0 Å². The van der Waals surface area contributed by atoms with Gasteiger partial charge in [-0.2, -0.15) is 0 Å². The van der Waals surface area contributed by atoms with E-state index in [-0.39, 0.29) is 0 Å². The maximum atomic E-state index is 11.6. The van der Waals surface area contributed by atoms with Crippen molar-refractivity contribution in [3.63, 3.8) is 0 Å². The van der Waals surface area contributed by atoms with Gasteiger partial charge in [-0.1, -0.05) is 24.8 Å². The summed E-state index contributed by atoms with van der Waals surface area (Å²) in [6.07, 6.45) is 1.47. The molecule has 1 aromatic rings. The molecule has 132 valence electrons. The fourth-order valence-corrected chi connectivity index (χ4v) is 3.61. The predicted molar refractivity (Wildman–Crippen MR) is 100.0 cm³/mol. The minimum atomic E-state index is -0.439. The van der Waals surface area contributed by atoms with E-state index in [2.05, 4.69) is 50.6 Å². The lowest BCUT2D eigenvalue weighted by Crippen LogP contribution is -2.33. The van der Waals surface area contributed by atoms with Crippen LogP contribution >= 0.6 is 0 Å². The number of ether oxygens (including phenoxy) is 1. The molecular weight excluding hydrogens is 316 g/mol. The van der Waals surface area contributed by atoms with Gasteiger partial charge in [-0.15, -0.1) is 0 Å². The lowest BCUT2D eigenvalue weighted by molar-refractivity contribution is -0.132. The number of aliphatic imine (C=N–C) groups is 2. The lowest BCUT2D eigenvalue weighted by atomic mass is 10.0. The highest BCUT2D eigenvalue weighted by molar-refractivity contribution is 6.37. The number of esters is 1. The van der Waals surface area contributed by atoms with E-state index >= 15 is 0 Å². The summed E-state index contributed by atoms with van der Waals surface area (Å²) >= 11 is 0. The molecule has 2 fully saturated rings. The second kappa shape index (κ2) is 7.51. The first-order chi connectivity index (χ1) is 12.1. The number of hydrogen-bond acceptors (Lipinski definition) is 4. The molecule has 0 N–H and O–H groups in total. The van der Waals surface area contributed by atoms with Crippen LogP contribution in [0.5, 0.6) is 0 Å². The molecule has 0 spiro atoms. The lowest BCUT2D eigenvalue weighted by Gasteiger charge is -2.23. The number of fused-ring (bicyclic) bond motifs is 1. The molecule has 0 aliphatic carbocycles. The largest absolute Gasteiger partial charge is 0.465 e. The SMILES string of the molecule is C=C/N=C(\N=C(/C)C(=O)OC)N1CC2CN(c3ccccc3)CC2C1. The molecule has 0 saturated carbocycles. The monoisotopic (exact) mass is 340 g/mol. The molecule has 2 unspecified atom stereocenters. The number of carbonyl (C=O) groups excluding carboxylic acids is 1. The zero-order valence-corrected chi connectivity index (χ0v) is 14.8. The minimum Gasteiger partial charge on any atom is -0.465 e. The average molecular weight is 340 g/mol. The summed E-state index contributed by atoms with van der Waals surface area (Å²) in [5.41, 5.74) is 1.58. The highest BCUT2D eigenvalue weighted by Gasteiger charge is 2.41. The Balaban J connectivity index is 1.68. The Morgan fingerprint density at radius 1 is 1.20 bits per heavy atom. The van der Waals surface area contributed by atoms with Crippen molar-refractivity contribution < 1.29 is 9.53 Å². The third-order valence-corrected chi connectivity index (χ3v) is 4.85. The van der Waals surface area contributed by atoms with Crippen LogP contribution in [-0.2, 0) is 9.53 Å². The maximum absolute atomic E-state index is 11.6. The molecule has 25 heavy (non-hydrogen) atoms. The van der Waals surface area contributed by atoms with Crippen molar-refractivity contribution in [1.82, 2.24) is 4.90 Å². The number of hydrogen-bond donors (Lipinski definition) is 0. The van der Waals surface area contributed by atoms with E-state index in [4.69, 9.17) is 4.74 Å². The van der Waals surface area contributed by atoms with Gasteiger partial charge in [0, 0.05) is 49.9 Å². The van der Waals surface area contributed by atoms with Gasteiger partial charge in [-0.25, -0.2) is 14.8 Å². The van der Waals surface area contributed by atoms with Gasteiger partial charge < -0.3 is 14.5 Å². The van der Waals surface area contributed by atoms with E-state index in [1.165, 1.54) is 19.0 Å². The average Bonchev–Trinajstić information content (AvgIpc) is 3.20. The van der Waals surface area contributed by atoms with E-state index in [1.807, 2.05) is 6.07 Å². The fraction of sp³-hybridized carbons (Fsp3) is 0.421. The number of nitrogens with zero attached hydrogens (tertiary/aromatic N) is 4. The van der Waals surface area contributed by atoms with E-state index in [0.717, 1.165) is 26.2 Å². The van der Waals surface area contributed by atoms with Gasteiger partial charge in [0.15, 0.2) is 0 Å². The Labute approximate surface area is 148 Å². The number of rotatable bonds is 3. The highest BCUT2D eigenvalue weighted by atomic mass is 16.5. The van der Waals surface area contributed by atoms with Crippen molar-refractivity contribution >= 4 is 23.3 Å². The summed E-state index contributed by atoms with van der Waals surface area (Å²) in [5.74, 6) is 1.25. The van der Waals surface area contributed by atoms with Crippen LogP contribution in [0.2, 0.25) is 0 Å². The topological polar surface area (TPSA) is 57.5 Å². The van der Waals surface area contributed by atoms with Crippen molar-refractivity contribution in [1.29, 1.82) is 0 Å². The van der Waals surface area contributed by atoms with Gasteiger partial charge in [0.25, 0.3) is 0 Å². The fourth-order valence-electron chi connectivity index (χ4n) is 3.61. The van der Waals surface area contributed by atoms with Gasteiger partial charge in [0.1, 0.15) is 5.71 Å². The smallest absolute Gasteiger partial charge is 0.352 e. The van der Waals surface area contributed by atoms with Gasteiger partial charge >= 0.3 is 5.97 Å². The summed E-state index contributed by atoms with van der Waals surface area (Å²) in [7, 11) is 1.35. The Morgan fingerprint density at radius 3 is 2.40 bits per heavy atom. The molecule has 6 nitrogen and oxygen atoms in total. The molecule has 0 bridgehead atoms. The van der Waals surface area contributed by atoms with Crippen LogP contribution in [0, 0.1) is 11.8 Å². The van der Waals surface area contributed by atoms with Crippen LogP contribution in [0.3, 0.4) is 0 Å². The molecule has 2 aliphatic rings. The first kappa shape index (κ1) is 17.2. The molecular formula is C19H24N4O2. The third-order valence-electron chi connectivity index (χ3n) is 4.85. The predicted octanol–water partition coefficient (Wildman–Crippen LogP) is 2.19. The van der Waals surface area contributed by atoms with Crippen LogP contribution in [0.25, 0.3) is 0 Å². The normalized spacial score (nSPS) is 23.6. The zero-order valence-electron chi connectivity index (χ0n) is 14.8. The van der Waals surface area contributed by atoms with Crippen LogP contribution in [0.4, 0.5) is 5.69 Å². The summed E-state index contributed by atoms with van der Waals surface area (Å²) in [5, 5.41) is 0. The summed E-state index contributed by atoms with van der Waals surface area (Å²) in [6, 6.07) is 10.5.